The van der Waals surface area contributed by atoms with Crippen LogP contribution in [0.2, 0.25) is 11.1 Å². The summed E-state index contributed by atoms with van der Waals surface area (Å²) in [7, 11) is -3.53. The van der Waals surface area contributed by atoms with E-state index in [1.54, 1.807) is 0 Å². The zero-order valence-corrected chi connectivity index (χ0v) is 15.5. The van der Waals surface area contributed by atoms with Crippen molar-refractivity contribution in [2.75, 3.05) is 0 Å². The number of rotatable bonds is 6. The normalized spacial score (nSPS) is 19.2. The minimum atomic E-state index is -1.76. The maximum absolute atomic E-state index is 12.5. The van der Waals surface area contributed by atoms with E-state index in [-0.39, 0.29) is 11.1 Å². The van der Waals surface area contributed by atoms with Gasteiger partial charge >= 0.3 is 0 Å². The molecule has 0 amide bonds. The maximum Gasteiger partial charge on any atom is 0.292 e. The van der Waals surface area contributed by atoms with Crippen LogP contribution >= 0.6 is 0 Å². The fraction of sp³-hybridized carbons (Fsp3) is 0.200. The topological polar surface area (TPSA) is 34.1 Å². The molecular formula is C20H20O2Si2. The minimum Gasteiger partial charge on any atom is -0.387 e. The van der Waals surface area contributed by atoms with Crippen LogP contribution in [0, 0.1) is 0 Å². The van der Waals surface area contributed by atoms with E-state index in [0.29, 0.717) is 12.1 Å². The van der Waals surface area contributed by atoms with E-state index in [0.717, 1.165) is 11.1 Å². The summed E-state index contributed by atoms with van der Waals surface area (Å²) in [5.41, 5.74) is 2.20. The molecule has 0 heterocycles. The lowest BCUT2D eigenvalue weighted by Crippen LogP contribution is -2.17. The number of allylic oxidation sites excluding steroid dienone is 4. The Kier molecular flexibility index (Phi) is 5.72. The highest BCUT2D eigenvalue weighted by atomic mass is 28.3. The highest BCUT2D eigenvalue weighted by Gasteiger charge is 2.23. The predicted octanol–water partition coefficient (Wildman–Crippen LogP) is 4.26. The highest BCUT2D eigenvalue weighted by Crippen LogP contribution is 2.25. The molecule has 4 heteroatoms. The number of hydrogen-bond donors (Lipinski definition) is 0. The second-order valence-corrected chi connectivity index (χ2v) is 9.98. The lowest BCUT2D eigenvalue weighted by atomic mass is 10.2. The van der Waals surface area contributed by atoms with Gasteiger partial charge in [0.05, 0.1) is 0 Å². The van der Waals surface area contributed by atoms with Gasteiger partial charge in [0.1, 0.15) is 0 Å². The average Bonchev–Trinajstić information content (AvgIpc) is 2.63. The van der Waals surface area contributed by atoms with E-state index >= 15 is 0 Å². The third-order valence-corrected chi connectivity index (χ3v) is 8.01. The first kappa shape index (κ1) is 16.8. The molecule has 1 aliphatic carbocycles. The Morgan fingerprint density at radius 1 is 0.583 bits per heavy atom. The molecule has 0 aliphatic heterocycles. The molecule has 0 unspecified atom stereocenters. The number of benzene rings is 2. The Balaban J connectivity index is 1.57. The van der Waals surface area contributed by atoms with Crippen LogP contribution in [0.25, 0.3) is 0 Å². The summed E-state index contributed by atoms with van der Waals surface area (Å²) in [6.45, 7) is 0. The zero-order chi connectivity index (χ0) is 16.8. The van der Waals surface area contributed by atoms with E-state index in [4.69, 9.17) is 0 Å². The summed E-state index contributed by atoms with van der Waals surface area (Å²) in [4.78, 5) is 0. The van der Waals surface area contributed by atoms with Crippen molar-refractivity contribution in [2.24, 2.45) is 0 Å². The summed E-state index contributed by atoms with van der Waals surface area (Å²) in [6.07, 6.45) is 7.95. The van der Waals surface area contributed by atoms with Crippen LogP contribution in [0.1, 0.15) is 11.1 Å². The minimum absolute atomic E-state index is 0.0158. The molecule has 0 aromatic heterocycles. The van der Waals surface area contributed by atoms with Gasteiger partial charge in [0, 0.05) is 23.2 Å². The summed E-state index contributed by atoms with van der Waals surface area (Å²) in [6, 6.07) is 21.1. The van der Waals surface area contributed by atoms with Crippen LogP contribution in [-0.2, 0) is 21.0 Å². The average molecular weight is 349 g/mol. The summed E-state index contributed by atoms with van der Waals surface area (Å²) in [5.74, 6) is 0. The molecule has 0 saturated carbocycles. The molecule has 2 aromatic carbocycles. The van der Waals surface area contributed by atoms with E-state index in [2.05, 4.69) is 0 Å². The molecule has 120 valence electrons. The third-order valence-electron chi connectivity index (χ3n) is 4.24. The molecule has 2 nitrogen and oxygen atoms in total. The van der Waals surface area contributed by atoms with Gasteiger partial charge in [-0.3, -0.25) is 0 Å². The van der Waals surface area contributed by atoms with Crippen LogP contribution in [0.15, 0.2) is 85.0 Å². The van der Waals surface area contributed by atoms with Crippen LogP contribution in [0.5, 0.6) is 0 Å². The molecular weight excluding hydrogens is 328 g/mol. The molecule has 2 aromatic rings. The second kappa shape index (κ2) is 8.17. The van der Waals surface area contributed by atoms with Crippen LogP contribution < -0.4 is 0 Å². The van der Waals surface area contributed by atoms with Crippen molar-refractivity contribution < 1.29 is 8.92 Å². The van der Waals surface area contributed by atoms with Gasteiger partial charge in [-0.05, 0) is 11.1 Å². The van der Waals surface area contributed by atoms with Crippen molar-refractivity contribution in [3.8, 4) is 0 Å². The number of hydrogen-bond acceptors (Lipinski definition) is 2. The zero-order valence-electron chi connectivity index (χ0n) is 13.5. The first-order valence-corrected chi connectivity index (χ1v) is 11.6. The van der Waals surface area contributed by atoms with Crippen molar-refractivity contribution in [3.05, 3.63) is 96.1 Å². The Morgan fingerprint density at radius 3 is 1.25 bits per heavy atom. The summed E-state index contributed by atoms with van der Waals surface area (Å²) >= 11 is 0. The van der Waals surface area contributed by atoms with Gasteiger partial charge in [0.15, 0.2) is 0 Å². The Morgan fingerprint density at radius 2 is 0.917 bits per heavy atom. The molecule has 0 bridgehead atoms. The molecule has 0 spiro atoms. The molecule has 0 fully saturated rings. The molecule has 0 radical (unpaired) electrons. The fourth-order valence-corrected chi connectivity index (χ4v) is 5.92. The molecule has 24 heavy (non-hydrogen) atoms. The van der Waals surface area contributed by atoms with Gasteiger partial charge in [0.25, 0.3) is 17.4 Å². The van der Waals surface area contributed by atoms with Gasteiger partial charge in [-0.1, -0.05) is 85.0 Å². The summed E-state index contributed by atoms with van der Waals surface area (Å²) in [5, 5.41) is 0. The van der Waals surface area contributed by atoms with Crippen molar-refractivity contribution in [2.45, 2.75) is 23.2 Å². The SMILES string of the molecule is O=[Si](Cc1ccccc1)C1C=CC([Si](=O)Cc2ccccc2)C=C1. The van der Waals surface area contributed by atoms with Gasteiger partial charge in [-0.15, -0.1) is 0 Å². The predicted molar refractivity (Wildman–Crippen MR) is 99.0 cm³/mol. The van der Waals surface area contributed by atoms with Gasteiger partial charge in [-0.25, -0.2) is 0 Å². The largest absolute Gasteiger partial charge is 0.387 e. The first-order chi connectivity index (χ1) is 11.7. The lowest BCUT2D eigenvalue weighted by molar-refractivity contribution is 0.553. The summed E-state index contributed by atoms with van der Waals surface area (Å²) < 4.78 is 25.1. The van der Waals surface area contributed by atoms with E-state index in [9.17, 15) is 8.92 Å². The molecule has 0 N–H and O–H groups in total. The van der Waals surface area contributed by atoms with Crippen molar-refractivity contribution >= 4 is 17.4 Å². The van der Waals surface area contributed by atoms with Crippen LogP contribution in [0.4, 0.5) is 0 Å². The highest BCUT2D eigenvalue weighted by molar-refractivity contribution is 6.47. The van der Waals surface area contributed by atoms with E-state index in [1.807, 2.05) is 85.0 Å². The van der Waals surface area contributed by atoms with Crippen molar-refractivity contribution in [1.29, 1.82) is 0 Å². The van der Waals surface area contributed by atoms with Crippen molar-refractivity contribution in [3.63, 3.8) is 0 Å². The first-order valence-electron chi connectivity index (χ1n) is 8.22. The van der Waals surface area contributed by atoms with Crippen LogP contribution in [-0.4, -0.2) is 17.4 Å². The molecule has 0 atom stereocenters. The van der Waals surface area contributed by atoms with Gasteiger partial charge in [-0.2, -0.15) is 0 Å². The van der Waals surface area contributed by atoms with Gasteiger partial charge < -0.3 is 8.92 Å². The van der Waals surface area contributed by atoms with E-state index in [1.165, 1.54) is 0 Å². The van der Waals surface area contributed by atoms with Gasteiger partial charge in [0.2, 0.25) is 0 Å². The monoisotopic (exact) mass is 348 g/mol. The Hall–Kier alpha value is -2.05. The van der Waals surface area contributed by atoms with Crippen LogP contribution in [0.3, 0.4) is 0 Å². The fourth-order valence-electron chi connectivity index (χ4n) is 2.87. The second-order valence-electron chi connectivity index (χ2n) is 6.08. The molecule has 0 saturated heterocycles. The standard InChI is InChI=1S/C20H20O2Si2/c21-23(15-17-7-3-1-4-8-17)19-11-13-20(14-12-19)24(22)16-18-9-5-2-6-10-18/h1-14,19-20H,15-16H2. The lowest BCUT2D eigenvalue weighted by Gasteiger charge is -2.14. The smallest absolute Gasteiger partial charge is 0.292 e. The quantitative estimate of drug-likeness (QED) is 0.577. The third kappa shape index (κ3) is 4.49. The molecule has 3 rings (SSSR count). The van der Waals surface area contributed by atoms with Crippen molar-refractivity contribution in [1.82, 2.24) is 0 Å². The Bertz CT molecular complexity index is 687. The van der Waals surface area contributed by atoms with E-state index < -0.39 is 17.4 Å². The maximum atomic E-state index is 12.5. The molecule has 1 aliphatic rings. The Labute approximate surface area is 145 Å².